The maximum absolute atomic E-state index is 13.6. The first-order valence-electron chi connectivity index (χ1n) is 5.70. The van der Waals surface area contributed by atoms with Crippen molar-refractivity contribution in [3.05, 3.63) is 69.7 Å². The number of aliphatic hydroxyl groups excluding tert-OH is 1. The fourth-order valence-corrected chi connectivity index (χ4v) is 2.02. The largest absolute Gasteiger partial charge is 0.419 e. The van der Waals surface area contributed by atoms with E-state index in [0.717, 1.165) is 18.2 Å². The number of halogens is 6. The SMILES string of the molecule is OC(c1ccc(C(F)(F)F)c(F)c1)c1cc(Cl)ccc1F. The minimum Gasteiger partial charge on any atom is -0.384 e. The van der Waals surface area contributed by atoms with Crippen molar-refractivity contribution >= 4 is 11.6 Å². The molecule has 1 atom stereocenters. The average Bonchev–Trinajstić information content (AvgIpc) is 2.39. The van der Waals surface area contributed by atoms with Crippen LogP contribution in [0.5, 0.6) is 0 Å². The van der Waals surface area contributed by atoms with Crippen molar-refractivity contribution in [1.29, 1.82) is 0 Å². The van der Waals surface area contributed by atoms with Gasteiger partial charge < -0.3 is 5.11 Å². The van der Waals surface area contributed by atoms with Crippen LogP contribution in [0.1, 0.15) is 22.8 Å². The van der Waals surface area contributed by atoms with E-state index in [-0.39, 0.29) is 16.1 Å². The molecule has 2 aromatic carbocycles. The molecule has 1 unspecified atom stereocenters. The Hall–Kier alpha value is -1.66. The maximum Gasteiger partial charge on any atom is 0.419 e. The van der Waals surface area contributed by atoms with Crippen LogP contribution < -0.4 is 0 Å². The summed E-state index contributed by atoms with van der Waals surface area (Å²) in [6.45, 7) is 0. The first-order chi connectivity index (χ1) is 9.70. The van der Waals surface area contributed by atoms with E-state index in [2.05, 4.69) is 0 Å². The lowest BCUT2D eigenvalue weighted by Gasteiger charge is -2.15. The van der Waals surface area contributed by atoms with Gasteiger partial charge in [0, 0.05) is 10.6 Å². The second-order valence-corrected chi connectivity index (χ2v) is 4.74. The summed E-state index contributed by atoms with van der Waals surface area (Å²) in [5, 5.41) is 10.1. The molecule has 0 fully saturated rings. The molecule has 1 N–H and O–H groups in total. The Balaban J connectivity index is 2.43. The molecule has 112 valence electrons. The molecule has 0 heterocycles. The Bertz CT molecular complexity index is 669. The van der Waals surface area contributed by atoms with Crippen LogP contribution in [0.2, 0.25) is 5.02 Å². The molecule has 0 bridgehead atoms. The predicted octanol–water partition coefficient (Wildman–Crippen LogP) is 4.72. The van der Waals surface area contributed by atoms with E-state index >= 15 is 0 Å². The number of benzene rings is 2. The molecule has 0 saturated heterocycles. The average molecular weight is 323 g/mol. The molecule has 0 radical (unpaired) electrons. The van der Waals surface area contributed by atoms with Crippen LogP contribution in [-0.4, -0.2) is 5.11 Å². The summed E-state index contributed by atoms with van der Waals surface area (Å²) >= 11 is 5.66. The van der Waals surface area contributed by atoms with Gasteiger partial charge in [0.25, 0.3) is 0 Å². The van der Waals surface area contributed by atoms with E-state index in [4.69, 9.17) is 11.6 Å². The van der Waals surface area contributed by atoms with Crippen LogP contribution in [0.15, 0.2) is 36.4 Å². The lowest BCUT2D eigenvalue weighted by atomic mass is 9.99. The van der Waals surface area contributed by atoms with Crippen molar-refractivity contribution < 1.29 is 27.1 Å². The highest BCUT2D eigenvalue weighted by Crippen LogP contribution is 2.34. The molecule has 0 spiro atoms. The third-order valence-electron chi connectivity index (χ3n) is 2.87. The van der Waals surface area contributed by atoms with Crippen LogP contribution in [-0.2, 0) is 6.18 Å². The molecule has 21 heavy (non-hydrogen) atoms. The van der Waals surface area contributed by atoms with Gasteiger partial charge in [-0.3, -0.25) is 0 Å². The second-order valence-electron chi connectivity index (χ2n) is 4.31. The molecule has 0 aliphatic carbocycles. The number of alkyl halides is 3. The zero-order chi connectivity index (χ0) is 15.8. The molecule has 0 amide bonds. The molecule has 7 heteroatoms. The summed E-state index contributed by atoms with van der Waals surface area (Å²) in [4.78, 5) is 0. The van der Waals surface area contributed by atoms with Crippen LogP contribution >= 0.6 is 11.6 Å². The van der Waals surface area contributed by atoms with Gasteiger partial charge in [0.05, 0.1) is 5.56 Å². The molecular weight excluding hydrogens is 315 g/mol. The smallest absolute Gasteiger partial charge is 0.384 e. The molecule has 0 aliphatic heterocycles. The lowest BCUT2D eigenvalue weighted by Crippen LogP contribution is -2.10. The molecular formula is C14H8ClF5O. The number of hydrogen-bond acceptors (Lipinski definition) is 1. The van der Waals surface area contributed by atoms with E-state index in [1.54, 1.807) is 0 Å². The Morgan fingerprint density at radius 2 is 1.62 bits per heavy atom. The van der Waals surface area contributed by atoms with Gasteiger partial charge >= 0.3 is 6.18 Å². The van der Waals surface area contributed by atoms with Crippen molar-refractivity contribution in [2.24, 2.45) is 0 Å². The highest BCUT2D eigenvalue weighted by molar-refractivity contribution is 6.30. The van der Waals surface area contributed by atoms with Gasteiger partial charge in [-0.05, 0) is 35.9 Å². The summed E-state index contributed by atoms with van der Waals surface area (Å²) in [5.74, 6) is -2.34. The molecule has 0 aliphatic rings. The molecule has 0 aromatic heterocycles. The fourth-order valence-electron chi connectivity index (χ4n) is 1.84. The van der Waals surface area contributed by atoms with Gasteiger partial charge in [-0.1, -0.05) is 17.7 Å². The zero-order valence-corrected chi connectivity index (χ0v) is 11.0. The molecule has 1 nitrogen and oxygen atoms in total. The summed E-state index contributed by atoms with van der Waals surface area (Å²) in [7, 11) is 0. The number of hydrogen-bond donors (Lipinski definition) is 1. The van der Waals surface area contributed by atoms with Crippen LogP contribution in [0.25, 0.3) is 0 Å². The van der Waals surface area contributed by atoms with E-state index in [1.807, 2.05) is 0 Å². The standard InChI is InChI=1S/C14H8ClF5O/c15-8-2-4-11(16)9(6-8)13(21)7-1-3-10(12(17)5-7)14(18,19)20/h1-6,13,21H. The maximum atomic E-state index is 13.6. The Kier molecular flexibility index (Phi) is 4.20. The Morgan fingerprint density at radius 3 is 2.19 bits per heavy atom. The minimum atomic E-state index is -4.84. The Morgan fingerprint density at radius 1 is 0.952 bits per heavy atom. The van der Waals surface area contributed by atoms with Crippen molar-refractivity contribution in [2.45, 2.75) is 12.3 Å². The van der Waals surface area contributed by atoms with Gasteiger partial charge in [0.15, 0.2) is 0 Å². The number of rotatable bonds is 2. The van der Waals surface area contributed by atoms with E-state index in [9.17, 15) is 27.1 Å². The predicted molar refractivity (Wildman–Crippen MR) is 66.9 cm³/mol. The molecule has 0 saturated carbocycles. The van der Waals surface area contributed by atoms with Crippen LogP contribution in [0.3, 0.4) is 0 Å². The van der Waals surface area contributed by atoms with Gasteiger partial charge in [-0.2, -0.15) is 13.2 Å². The summed E-state index contributed by atoms with van der Waals surface area (Å²) in [6.07, 6.45) is -6.46. The van der Waals surface area contributed by atoms with E-state index in [1.165, 1.54) is 6.07 Å². The van der Waals surface area contributed by atoms with Crippen molar-refractivity contribution in [3.8, 4) is 0 Å². The van der Waals surface area contributed by atoms with Gasteiger partial charge in [0.1, 0.15) is 17.7 Å². The zero-order valence-electron chi connectivity index (χ0n) is 10.3. The lowest BCUT2D eigenvalue weighted by molar-refractivity contribution is -0.140. The fraction of sp³-hybridized carbons (Fsp3) is 0.143. The van der Waals surface area contributed by atoms with E-state index in [0.29, 0.717) is 12.1 Å². The third-order valence-corrected chi connectivity index (χ3v) is 3.10. The van der Waals surface area contributed by atoms with Crippen LogP contribution in [0, 0.1) is 11.6 Å². The highest BCUT2D eigenvalue weighted by atomic mass is 35.5. The first kappa shape index (κ1) is 15.7. The topological polar surface area (TPSA) is 20.2 Å². The quantitative estimate of drug-likeness (QED) is 0.793. The third kappa shape index (κ3) is 3.33. The minimum absolute atomic E-state index is 0.137. The number of aliphatic hydroxyl groups is 1. The van der Waals surface area contributed by atoms with Crippen molar-refractivity contribution in [3.63, 3.8) is 0 Å². The normalized spacial score (nSPS) is 13.3. The second kappa shape index (κ2) is 5.61. The van der Waals surface area contributed by atoms with Crippen LogP contribution in [0.4, 0.5) is 22.0 Å². The summed E-state index contributed by atoms with van der Waals surface area (Å²) in [5.41, 5.74) is -1.91. The van der Waals surface area contributed by atoms with Gasteiger partial charge in [-0.15, -0.1) is 0 Å². The van der Waals surface area contributed by atoms with Gasteiger partial charge in [-0.25, -0.2) is 8.78 Å². The monoisotopic (exact) mass is 322 g/mol. The van der Waals surface area contributed by atoms with Crippen molar-refractivity contribution in [2.75, 3.05) is 0 Å². The summed E-state index contributed by atoms with van der Waals surface area (Å²) < 4.78 is 64.4. The Labute approximate surface area is 121 Å². The molecule has 2 rings (SSSR count). The summed E-state index contributed by atoms with van der Waals surface area (Å²) in [6, 6.07) is 5.28. The van der Waals surface area contributed by atoms with Crippen molar-refractivity contribution in [1.82, 2.24) is 0 Å². The molecule has 2 aromatic rings. The van der Waals surface area contributed by atoms with E-state index < -0.39 is 29.5 Å². The van der Waals surface area contributed by atoms with Gasteiger partial charge in [0.2, 0.25) is 0 Å². The first-order valence-corrected chi connectivity index (χ1v) is 6.07. The highest BCUT2D eigenvalue weighted by Gasteiger charge is 2.34.